The highest BCUT2D eigenvalue weighted by molar-refractivity contribution is 5.99. The minimum atomic E-state index is -4.66. The molecule has 0 aliphatic rings. The number of benzene rings is 2. The van der Waals surface area contributed by atoms with E-state index in [4.69, 9.17) is 4.74 Å². The van der Waals surface area contributed by atoms with Crippen molar-refractivity contribution in [2.75, 3.05) is 12.5 Å². The fourth-order valence-electron chi connectivity index (χ4n) is 1.99. The Balaban J connectivity index is 2.27. The fourth-order valence-corrected chi connectivity index (χ4v) is 1.99. The standard InChI is InChI=1S/C16H14F3N3O3/c1-10(11-3-6-13(25-2)7-4-11)20-21-14-8-5-12(16(17,18)19)9-15(14)22(23)24/h3-9,21H,1-2H3/b20-10+. The van der Waals surface area contributed by atoms with E-state index in [1.54, 1.807) is 31.2 Å². The number of halogens is 3. The number of methoxy groups -OCH3 is 1. The van der Waals surface area contributed by atoms with Gasteiger partial charge in [0.05, 0.1) is 23.3 Å². The van der Waals surface area contributed by atoms with E-state index in [2.05, 4.69) is 10.5 Å². The van der Waals surface area contributed by atoms with Crippen LogP contribution in [0.25, 0.3) is 0 Å². The van der Waals surface area contributed by atoms with Crippen molar-refractivity contribution in [3.05, 3.63) is 63.7 Å². The smallest absolute Gasteiger partial charge is 0.416 e. The summed E-state index contributed by atoms with van der Waals surface area (Å²) in [5.74, 6) is 0.655. The molecule has 0 spiro atoms. The molecule has 0 bridgehead atoms. The van der Waals surface area contributed by atoms with E-state index >= 15 is 0 Å². The Bertz CT molecular complexity index is 803. The molecule has 2 aromatic rings. The molecule has 0 aliphatic heterocycles. The molecule has 0 saturated heterocycles. The summed E-state index contributed by atoms with van der Waals surface area (Å²) in [6, 6.07) is 9.12. The number of hydrogen-bond acceptors (Lipinski definition) is 5. The van der Waals surface area contributed by atoms with E-state index < -0.39 is 22.4 Å². The average molecular weight is 353 g/mol. The Morgan fingerprint density at radius 2 is 1.84 bits per heavy atom. The van der Waals surface area contributed by atoms with E-state index in [9.17, 15) is 23.3 Å². The van der Waals surface area contributed by atoms with Crippen LogP contribution in [0, 0.1) is 10.1 Å². The minimum absolute atomic E-state index is 0.133. The third-order valence-electron chi connectivity index (χ3n) is 3.37. The molecule has 0 amide bonds. The first kappa shape index (κ1) is 18.2. The Labute approximate surface area is 141 Å². The van der Waals surface area contributed by atoms with Crippen LogP contribution in [0.2, 0.25) is 0 Å². The molecule has 0 saturated carbocycles. The number of rotatable bonds is 5. The van der Waals surface area contributed by atoms with E-state index in [0.29, 0.717) is 17.5 Å². The molecular formula is C16H14F3N3O3. The third kappa shape index (κ3) is 4.46. The van der Waals surface area contributed by atoms with Crippen LogP contribution < -0.4 is 10.2 Å². The molecule has 0 radical (unpaired) electrons. The number of anilines is 1. The van der Waals surface area contributed by atoms with Gasteiger partial charge in [-0.25, -0.2) is 0 Å². The number of alkyl halides is 3. The summed E-state index contributed by atoms with van der Waals surface area (Å²) >= 11 is 0. The largest absolute Gasteiger partial charge is 0.497 e. The van der Waals surface area contributed by atoms with Crippen molar-refractivity contribution in [3.63, 3.8) is 0 Å². The third-order valence-corrected chi connectivity index (χ3v) is 3.37. The highest BCUT2D eigenvalue weighted by atomic mass is 19.4. The van der Waals surface area contributed by atoms with Gasteiger partial charge < -0.3 is 4.74 Å². The highest BCUT2D eigenvalue weighted by Crippen LogP contribution is 2.35. The van der Waals surface area contributed by atoms with Crippen LogP contribution in [0.4, 0.5) is 24.5 Å². The van der Waals surface area contributed by atoms with Gasteiger partial charge in [-0.15, -0.1) is 0 Å². The maximum Gasteiger partial charge on any atom is 0.416 e. The lowest BCUT2D eigenvalue weighted by Crippen LogP contribution is -2.07. The van der Waals surface area contributed by atoms with Crippen LogP contribution in [-0.2, 0) is 6.18 Å². The summed E-state index contributed by atoms with van der Waals surface area (Å²) in [5.41, 5.74) is 1.73. The first-order valence-corrected chi connectivity index (χ1v) is 7.02. The first-order valence-electron chi connectivity index (χ1n) is 7.02. The predicted octanol–water partition coefficient (Wildman–Crippen LogP) is 4.46. The lowest BCUT2D eigenvalue weighted by molar-refractivity contribution is -0.384. The summed E-state index contributed by atoms with van der Waals surface area (Å²) < 4.78 is 43.1. The number of nitro benzene ring substituents is 1. The number of nitrogens with one attached hydrogen (secondary N) is 1. The van der Waals surface area contributed by atoms with Crippen LogP contribution in [0.15, 0.2) is 47.6 Å². The maximum atomic E-state index is 12.7. The zero-order valence-corrected chi connectivity index (χ0v) is 13.3. The van der Waals surface area contributed by atoms with Gasteiger partial charge in [-0.2, -0.15) is 18.3 Å². The van der Waals surface area contributed by atoms with Gasteiger partial charge in [0.25, 0.3) is 5.69 Å². The topological polar surface area (TPSA) is 76.8 Å². The average Bonchev–Trinajstić information content (AvgIpc) is 2.58. The van der Waals surface area contributed by atoms with Crippen LogP contribution in [0.3, 0.4) is 0 Å². The van der Waals surface area contributed by atoms with Gasteiger partial charge in [-0.3, -0.25) is 15.5 Å². The van der Waals surface area contributed by atoms with Crippen LogP contribution >= 0.6 is 0 Å². The number of nitro groups is 1. The van der Waals surface area contributed by atoms with Crippen LogP contribution in [0.5, 0.6) is 5.75 Å². The highest BCUT2D eigenvalue weighted by Gasteiger charge is 2.33. The van der Waals surface area contributed by atoms with Crippen molar-refractivity contribution < 1.29 is 22.8 Å². The van der Waals surface area contributed by atoms with Gasteiger partial charge in [-0.1, -0.05) is 0 Å². The molecule has 6 nitrogen and oxygen atoms in total. The van der Waals surface area contributed by atoms with Crippen LogP contribution in [-0.4, -0.2) is 17.7 Å². The molecule has 0 atom stereocenters. The fraction of sp³-hybridized carbons (Fsp3) is 0.188. The van der Waals surface area contributed by atoms with Crippen molar-refractivity contribution in [1.29, 1.82) is 0 Å². The summed E-state index contributed by atoms with van der Waals surface area (Å²) in [4.78, 5) is 10.1. The number of ether oxygens (including phenoxy) is 1. The molecular weight excluding hydrogens is 339 g/mol. The SMILES string of the molecule is COc1ccc(/C(C)=N/Nc2ccc(C(F)(F)F)cc2[N+](=O)[O-])cc1. The second kappa shape index (κ2) is 7.20. The van der Waals surface area contributed by atoms with Crippen molar-refractivity contribution in [2.45, 2.75) is 13.1 Å². The number of hydrazone groups is 1. The maximum absolute atomic E-state index is 12.7. The molecule has 25 heavy (non-hydrogen) atoms. The monoisotopic (exact) mass is 353 g/mol. The second-order valence-corrected chi connectivity index (χ2v) is 5.02. The molecule has 2 rings (SSSR count). The second-order valence-electron chi connectivity index (χ2n) is 5.02. The molecule has 0 unspecified atom stereocenters. The van der Waals surface area contributed by atoms with E-state index in [1.807, 2.05) is 0 Å². The molecule has 0 fully saturated rings. The van der Waals surface area contributed by atoms with Gasteiger partial charge in [0.2, 0.25) is 0 Å². The van der Waals surface area contributed by atoms with Gasteiger partial charge in [0, 0.05) is 6.07 Å². The molecule has 2 aromatic carbocycles. The van der Waals surface area contributed by atoms with Crippen LogP contribution in [0.1, 0.15) is 18.1 Å². The zero-order valence-electron chi connectivity index (χ0n) is 13.3. The van der Waals surface area contributed by atoms with Gasteiger partial charge >= 0.3 is 6.18 Å². The summed E-state index contributed by atoms with van der Waals surface area (Å²) in [6.07, 6.45) is -4.66. The van der Waals surface area contributed by atoms with Gasteiger partial charge in [0.1, 0.15) is 11.4 Å². The Hall–Kier alpha value is -3.10. The van der Waals surface area contributed by atoms with E-state index in [1.165, 1.54) is 7.11 Å². The van der Waals surface area contributed by atoms with Crippen molar-refractivity contribution in [3.8, 4) is 5.75 Å². The van der Waals surface area contributed by atoms with Gasteiger partial charge in [-0.05, 0) is 48.9 Å². The van der Waals surface area contributed by atoms with Crippen molar-refractivity contribution in [2.24, 2.45) is 5.10 Å². The Kier molecular flexibility index (Phi) is 5.26. The summed E-state index contributed by atoms with van der Waals surface area (Å²) in [6.45, 7) is 1.66. The zero-order chi connectivity index (χ0) is 18.6. The van der Waals surface area contributed by atoms with Crippen molar-refractivity contribution in [1.82, 2.24) is 0 Å². The summed E-state index contributed by atoms with van der Waals surface area (Å²) in [5, 5.41) is 15.0. The molecule has 132 valence electrons. The lowest BCUT2D eigenvalue weighted by atomic mass is 10.1. The van der Waals surface area contributed by atoms with Gasteiger partial charge in [0.15, 0.2) is 0 Å². The molecule has 9 heteroatoms. The lowest BCUT2D eigenvalue weighted by Gasteiger charge is -2.09. The quantitative estimate of drug-likeness (QED) is 0.489. The number of nitrogens with zero attached hydrogens (tertiary/aromatic N) is 2. The van der Waals surface area contributed by atoms with Crippen molar-refractivity contribution >= 4 is 17.1 Å². The molecule has 1 N–H and O–H groups in total. The molecule has 0 heterocycles. The van der Waals surface area contributed by atoms with E-state index in [0.717, 1.165) is 17.7 Å². The first-order chi connectivity index (χ1) is 11.7. The number of hydrogen-bond donors (Lipinski definition) is 1. The molecule has 0 aromatic heterocycles. The molecule has 0 aliphatic carbocycles. The van der Waals surface area contributed by atoms with E-state index in [-0.39, 0.29) is 5.69 Å². The Morgan fingerprint density at radius 3 is 2.36 bits per heavy atom. The normalized spacial score (nSPS) is 12.0. The Morgan fingerprint density at radius 1 is 1.20 bits per heavy atom. The minimum Gasteiger partial charge on any atom is -0.497 e. The summed E-state index contributed by atoms with van der Waals surface area (Å²) in [7, 11) is 1.53. The predicted molar refractivity (Wildman–Crippen MR) is 86.9 cm³/mol.